The van der Waals surface area contributed by atoms with Crippen LogP contribution in [0, 0.1) is 5.92 Å². The summed E-state index contributed by atoms with van der Waals surface area (Å²) in [7, 11) is 0. The van der Waals surface area contributed by atoms with Crippen LogP contribution in [0.2, 0.25) is 0 Å². The van der Waals surface area contributed by atoms with Crippen molar-refractivity contribution in [1.29, 1.82) is 0 Å². The minimum absolute atomic E-state index is 0.0890. The Morgan fingerprint density at radius 3 is 2.71 bits per heavy atom. The molecular weight excluding hydrogens is 197 g/mol. The number of alkyl halides is 3. The largest absolute Gasteiger partial charge is 0.395 e. The van der Waals surface area contributed by atoms with Gasteiger partial charge in [-0.1, -0.05) is 6.08 Å². The molecule has 0 aromatic carbocycles. The number of carbonyl (C=O) groups excluding carboxylic acids is 1. The van der Waals surface area contributed by atoms with Crippen LogP contribution in [0.3, 0.4) is 0 Å². The van der Waals surface area contributed by atoms with E-state index in [1.54, 1.807) is 0 Å². The van der Waals surface area contributed by atoms with Gasteiger partial charge in [0, 0.05) is 5.70 Å². The molecule has 0 aromatic heterocycles. The molecule has 2 amide bonds. The Morgan fingerprint density at radius 2 is 2.21 bits per heavy atom. The van der Waals surface area contributed by atoms with Crippen LogP contribution < -0.4 is 11.1 Å². The van der Waals surface area contributed by atoms with Crippen molar-refractivity contribution in [3.05, 3.63) is 23.9 Å². The third kappa shape index (κ3) is 2.79. The van der Waals surface area contributed by atoms with Gasteiger partial charge in [-0.2, -0.15) is 13.2 Å². The minimum atomic E-state index is -4.28. The molecular formula is C8H9F3N2O. The Morgan fingerprint density at radius 1 is 1.57 bits per heavy atom. The quantitative estimate of drug-likeness (QED) is 0.673. The maximum Gasteiger partial charge on any atom is 0.395 e. The first-order valence-electron chi connectivity index (χ1n) is 3.91. The lowest BCUT2D eigenvalue weighted by atomic mass is 9.99. The maximum absolute atomic E-state index is 12.2. The number of hydrogen-bond acceptors (Lipinski definition) is 1. The molecule has 78 valence electrons. The number of urea groups is 1. The van der Waals surface area contributed by atoms with E-state index in [4.69, 9.17) is 5.73 Å². The van der Waals surface area contributed by atoms with Gasteiger partial charge in [0.25, 0.3) is 0 Å². The van der Waals surface area contributed by atoms with Gasteiger partial charge in [0.05, 0.1) is 5.92 Å². The topological polar surface area (TPSA) is 55.1 Å². The normalized spacial score (nSPS) is 21.6. The molecule has 1 rings (SSSR count). The molecule has 3 nitrogen and oxygen atoms in total. The van der Waals surface area contributed by atoms with Crippen molar-refractivity contribution in [2.75, 3.05) is 0 Å². The summed E-state index contributed by atoms with van der Waals surface area (Å²) in [4.78, 5) is 10.4. The van der Waals surface area contributed by atoms with Crippen molar-refractivity contribution in [3.63, 3.8) is 0 Å². The van der Waals surface area contributed by atoms with Crippen LogP contribution in [0.15, 0.2) is 23.9 Å². The van der Waals surface area contributed by atoms with Crippen LogP contribution in [-0.2, 0) is 0 Å². The minimum Gasteiger partial charge on any atom is -0.351 e. The highest BCUT2D eigenvalue weighted by atomic mass is 19.4. The fourth-order valence-corrected chi connectivity index (χ4v) is 1.14. The third-order valence-corrected chi connectivity index (χ3v) is 1.76. The Kier molecular flexibility index (Phi) is 2.83. The zero-order valence-electron chi connectivity index (χ0n) is 7.14. The van der Waals surface area contributed by atoms with Crippen molar-refractivity contribution in [1.82, 2.24) is 5.32 Å². The smallest absolute Gasteiger partial charge is 0.351 e. The van der Waals surface area contributed by atoms with Gasteiger partial charge in [-0.15, -0.1) is 0 Å². The van der Waals surface area contributed by atoms with Crippen LogP contribution in [0.1, 0.15) is 6.42 Å². The summed E-state index contributed by atoms with van der Waals surface area (Å²) in [5, 5.41) is 2.10. The molecule has 0 aromatic rings. The molecule has 1 aliphatic rings. The fraction of sp³-hybridized carbons (Fsp3) is 0.375. The van der Waals surface area contributed by atoms with E-state index in [1.807, 2.05) is 0 Å². The van der Waals surface area contributed by atoms with Crippen molar-refractivity contribution < 1.29 is 18.0 Å². The van der Waals surface area contributed by atoms with Crippen molar-refractivity contribution in [2.24, 2.45) is 11.7 Å². The lowest BCUT2D eigenvalue weighted by Gasteiger charge is -2.19. The average molecular weight is 206 g/mol. The average Bonchev–Trinajstić information content (AvgIpc) is 2.01. The van der Waals surface area contributed by atoms with Gasteiger partial charge in [-0.3, -0.25) is 0 Å². The van der Waals surface area contributed by atoms with Gasteiger partial charge in [0.2, 0.25) is 0 Å². The standard InChI is InChI=1S/C8H9F3N2O/c9-8(10,11)5-2-1-3-6(4-5)13-7(12)14/h1,3-5H,2H2,(H3,12,13,14). The second-order valence-electron chi connectivity index (χ2n) is 2.90. The summed E-state index contributed by atoms with van der Waals surface area (Å²) >= 11 is 0. The van der Waals surface area contributed by atoms with Crippen LogP contribution in [-0.4, -0.2) is 12.2 Å². The Balaban J connectivity index is 2.73. The number of carbonyl (C=O) groups is 1. The Labute approximate surface area is 78.5 Å². The molecule has 1 unspecified atom stereocenters. The van der Waals surface area contributed by atoms with Crippen molar-refractivity contribution in [2.45, 2.75) is 12.6 Å². The first-order valence-corrected chi connectivity index (χ1v) is 3.91. The monoisotopic (exact) mass is 206 g/mol. The zero-order chi connectivity index (χ0) is 10.8. The molecule has 14 heavy (non-hydrogen) atoms. The molecule has 0 aliphatic heterocycles. The second-order valence-corrected chi connectivity index (χ2v) is 2.90. The van der Waals surface area contributed by atoms with Gasteiger partial charge < -0.3 is 11.1 Å². The molecule has 0 heterocycles. The summed E-state index contributed by atoms with van der Waals surface area (Å²) in [6, 6.07) is -0.872. The molecule has 0 saturated carbocycles. The maximum atomic E-state index is 12.2. The predicted octanol–water partition coefficient (Wildman–Crippen LogP) is 1.68. The van der Waals surface area contributed by atoms with Crippen LogP contribution in [0.4, 0.5) is 18.0 Å². The fourth-order valence-electron chi connectivity index (χ4n) is 1.14. The molecule has 0 spiro atoms. The molecule has 0 saturated heterocycles. The summed E-state index contributed by atoms with van der Waals surface area (Å²) in [6.07, 6.45) is -0.691. The first kappa shape index (κ1) is 10.6. The molecule has 1 aliphatic carbocycles. The summed E-state index contributed by atoms with van der Waals surface area (Å²) in [5.41, 5.74) is 4.86. The van der Waals surface area contributed by atoms with Gasteiger partial charge in [-0.05, 0) is 18.6 Å². The number of rotatable bonds is 1. The number of primary amides is 1. The van der Waals surface area contributed by atoms with Crippen LogP contribution in [0.5, 0.6) is 0 Å². The molecule has 0 fully saturated rings. The van der Waals surface area contributed by atoms with E-state index in [-0.39, 0.29) is 12.1 Å². The number of amides is 2. The molecule has 0 radical (unpaired) electrons. The lowest BCUT2D eigenvalue weighted by Crippen LogP contribution is -2.31. The van der Waals surface area contributed by atoms with E-state index >= 15 is 0 Å². The number of hydrogen-bond donors (Lipinski definition) is 2. The van der Waals surface area contributed by atoms with Crippen molar-refractivity contribution in [3.8, 4) is 0 Å². The first-order chi connectivity index (χ1) is 6.39. The molecule has 0 bridgehead atoms. The molecule has 6 heteroatoms. The Bertz CT molecular complexity index is 293. The van der Waals surface area contributed by atoms with Crippen molar-refractivity contribution >= 4 is 6.03 Å². The van der Waals surface area contributed by atoms with Gasteiger partial charge in [0.1, 0.15) is 0 Å². The van der Waals surface area contributed by atoms with E-state index in [2.05, 4.69) is 5.32 Å². The lowest BCUT2D eigenvalue weighted by molar-refractivity contribution is -0.160. The second kappa shape index (κ2) is 3.73. The highest BCUT2D eigenvalue weighted by Gasteiger charge is 2.38. The number of halogens is 3. The Hall–Kier alpha value is -1.46. The van der Waals surface area contributed by atoms with E-state index in [9.17, 15) is 18.0 Å². The molecule has 1 atom stereocenters. The summed E-state index contributed by atoms with van der Waals surface area (Å²) < 4.78 is 36.7. The van der Waals surface area contributed by atoms with Crippen LogP contribution >= 0.6 is 0 Å². The number of nitrogens with two attached hydrogens (primary N) is 1. The van der Waals surface area contributed by atoms with Gasteiger partial charge in [0.15, 0.2) is 0 Å². The van der Waals surface area contributed by atoms with E-state index in [0.717, 1.165) is 6.08 Å². The van der Waals surface area contributed by atoms with E-state index in [1.165, 1.54) is 12.2 Å². The van der Waals surface area contributed by atoms with Gasteiger partial charge in [-0.25, -0.2) is 4.79 Å². The molecule has 3 N–H and O–H groups in total. The number of nitrogens with one attached hydrogen (secondary N) is 1. The summed E-state index contributed by atoms with van der Waals surface area (Å²) in [5.74, 6) is -1.55. The summed E-state index contributed by atoms with van der Waals surface area (Å²) in [6.45, 7) is 0. The highest BCUT2D eigenvalue weighted by Crippen LogP contribution is 2.32. The SMILES string of the molecule is NC(=O)NC1=CC(C(F)(F)F)CC=C1. The van der Waals surface area contributed by atoms with Gasteiger partial charge >= 0.3 is 12.2 Å². The predicted molar refractivity (Wildman–Crippen MR) is 44.1 cm³/mol. The van der Waals surface area contributed by atoms with E-state index in [0.29, 0.717) is 0 Å². The van der Waals surface area contributed by atoms with E-state index < -0.39 is 18.1 Å². The zero-order valence-corrected chi connectivity index (χ0v) is 7.14. The number of allylic oxidation sites excluding steroid dienone is 3. The van der Waals surface area contributed by atoms with Crippen LogP contribution in [0.25, 0.3) is 0 Å². The third-order valence-electron chi connectivity index (χ3n) is 1.76. The highest BCUT2D eigenvalue weighted by molar-refractivity contribution is 5.74.